The van der Waals surface area contributed by atoms with E-state index in [0.717, 1.165) is 22.3 Å². The molecule has 0 aliphatic carbocycles. The van der Waals surface area contributed by atoms with E-state index in [1.807, 2.05) is 26.0 Å². The summed E-state index contributed by atoms with van der Waals surface area (Å²) in [7, 11) is 0. The van der Waals surface area contributed by atoms with Crippen LogP contribution < -0.4 is 0 Å². The van der Waals surface area contributed by atoms with Crippen molar-refractivity contribution in [3.05, 3.63) is 70.5 Å². The molecule has 0 aliphatic heterocycles. The first-order chi connectivity index (χ1) is 9.04. The molecule has 0 amide bonds. The standard InChI is InChI=1S/C17H17FO/c1-12-3-4-13(2)15(9-12)11-17(19)10-14-5-7-16(18)8-6-14/h3-9H,10-11H2,1-2H3. The van der Waals surface area contributed by atoms with Crippen molar-refractivity contribution in [2.24, 2.45) is 0 Å². The summed E-state index contributed by atoms with van der Waals surface area (Å²) >= 11 is 0. The van der Waals surface area contributed by atoms with Gasteiger partial charge in [0, 0.05) is 12.8 Å². The van der Waals surface area contributed by atoms with Gasteiger partial charge in [0.2, 0.25) is 0 Å². The molecule has 0 spiro atoms. The summed E-state index contributed by atoms with van der Waals surface area (Å²) in [5, 5.41) is 0. The van der Waals surface area contributed by atoms with Crippen molar-refractivity contribution in [3.8, 4) is 0 Å². The van der Waals surface area contributed by atoms with Gasteiger partial charge in [0.05, 0.1) is 0 Å². The molecule has 2 heteroatoms. The second-order valence-electron chi connectivity index (χ2n) is 4.95. The Kier molecular flexibility index (Phi) is 4.10. The van der Waals surface area contributed by atoms with Crippen LogP contribution in [0, 0.1) is 19.7 Å². The van der Waals surface area contributed by atoms with Crippen LogP contribution in [0.5, 0.6) is 0 Å². The topological polar surface area (TPSA) is 17.1 Å². The number of halogens is 1. The van der Waals surface area contributed by atoms with E-state index in [1.54, 1.807) is 12.1 Å². The Morgan fingerprint density at radius 2 is 1.68 bits per heavy atom. The molecule has 0 bridgehead atoms. The van der Waals surface area contributed by atoms with Crippen LogP contribution in [-0.2, 0) is 17.6 Å². The number of carbonyl (C=O) groups excluding carboxylic acids is 1. The van der Waals surface area contributed by atoms with Crippen molar-refractivity contribution in [2.45, 2.75) is 26.7 Å². The number of carbonyl (C=O) groups is 1. The number of benzene rings is 2. The van der Waals surface area contributed by atoms with Gasteiger partial charge >= 0.3 is 0 Å². The van der Waals surface area contributed by atoms with Crippen LogP contribution >= 0.6 is 0 Å². The highest BCUT2D eigenvalue weighted by atomic mass is 19.1. The van der Waals surface area contributed by atoms with E-state index in [2.05, 4.69) is 6.07 Å². The van der Waals surface area contributed by atoms with Crippen LogP contribution in [0.2, 0.25) is 0 Å². The van der Waals surface area contributed by atoms with E-state index in [4.69, 9.17) is 0 Å². The second-order valence-corrected chi connectivity index (χ2v) is 4.95. The van der Waals surface area contributed by atoms with Gasteiger partial charge in [-0.15, -0.1) is 0 Å². The molecule has 0 N–H and O–H groups in total. The molecule has 0 atom stereocenters. The first kappa shape index (κ1) is 13.5. The van der Waals surface area contributed by atoms with Crippen molar-refractivity contribution in [1.29, 1.82) is 0 Å². The maximum Gasteiger partial charge on any atom is 0.141 e. The fourth-order valence-electron chi connectivity index (χ4n) is 2.10. The van der Waals surface area contributed by atoms with Gasteiger partial charge < -0.3 is 0 Å². The minimum atomic E-state index is -0.272. The van der Waals surface area contributed by atoms with Crippen LogP contribution in [0.3, 0.4) is 0 Å². The Balaban J connectivity index is 2.05. The number of hydrogen-bond donors (Lipinski definition) is 0. The van der Waals surface area contributed by atoms with Crippen LogP contribution in [0.1, 0.15) is 22.3 Å². The first-order valence-corrected chi connectivity index (χ1v) is 6.37. The molecule has 0 saturated heterocycles. The summed E-state index contributed by atoms with van der Waals surface area (Å²) in [6.07, 6.45) is 0.790. The van der Waals surface area contributed by atoms with Crippen molar-refractivity contribution in [3.63, 3.8) is 0 Å². The van der Waals surface area contributed by atoms with Gasteiger partial charge in [0.25, 0.3) is 0 Å². The summed E-state index contributed by atoms with van der Waals surface area (Å²) in [4.78, 5) is 12.0. The van der Waals surface area contributed by atoms with Crippen LogP contribution in [0.25, 0.3) is 0 Å². The van der Waals surface area contributed by atoms with Gasteiger partial charge in [-0.2, -0.15) is 0 Å². The molecular weight excluding hydrogens is 239 g/mol. The Labute approximate surface area is 113 Å². The summed E-state index contributed by atoms with van der Waals surface area (Å²) in [5.74, 6) is -0.119. The first-order valence-electron chi connectivity index (χ1n) is 6.37. The van der Waals surface area contributed by atoms with Gasteiger partial charge in [-0.3, -0.25) is 4.79 Å². The zero-order valence-corrected chi connectivity index (χ0v) is 11.2. The number of Topliss-reactive ketones (excluding diaryl/α,β-unsaturated/α-hetero) is 1. The lowest BCUT2D eigenvalue weighted by Gasteiger charge is -2.06. The fraction of sp³-hybridized carbons (Fsp3) is 0.235. The summed E-state index contributed by atoms with van der Waals surface area (Å²) in [6, 6.07) is 12.2. The smallest absolute Gasteiger partial charge is 0.141 e. The molecule has 2 aromatic rings. The van der Waals surface area contributed by atoms with E-state index < -0.39 is 0 Å². The minimum absolute atomic E-state index is 0.153. The fourth-order valence-corrected chi connectivity index (χ4v) is 2.10. The highest BCUT2D eigenvalue weighted by Gasteiger charge is 2.07. The molecule has 0 heterocycles. The summed E-state index contributed by atoms with van der Waals surface area (Å²) in [6.45, 7) is 4.04. The van der Waals surface area contributed by atoms with Crippen LogP contribution in [0.4, 0.5) is 4.39 Å². The van der Waals surface area contributed by atoms with E-state index in [1.165, 1.54) is 12.1 Å². The van der Waals surface area contributed by atoms with E-state index in [-0.39, 0.29) is 11.6 Å². The van der Waals surface area contributed by atoms with Crippen molar-refractivity contribution in [1.82, 2.24) is 0 Å². The van der Waals surface area contributed by atoms with Crippen molar-refractivity contribution in [2.75, 3.05) is 0 Å². The lowest BCUT2D eigenvalue weighted by Crippen LogP contribution is -2.08. The third kappa shape index (κ3) is 3.75. The molecule has 98 valence electrons. The third-order valence-electron chi connectivity index (χ3n) is 3.21. The Hall–Kier alpha value is -1.96. The molecule has 1 nitrogen and oxygen atoms in total. The Morgan fingerprint density at radius 1 is 1.00 bits per heavy atom. The molecule has 0 fully saturated rings. The van der Waals surface area contributed by atoms with E-state index in [9.17, 15) is 9.18 Å². The van der Waals surface area contributed by atoms with Gasteiger partial charge in [-0.25, -0.2) is 4.39 Å². The van der Waals surface area contributed by atoms with Gasteiger partial charge in [0.1, 0.15) is 11.6 Å². The highest BCUT2D eigenvalue weighted by Crippen LogP contribution is 2.13. The average Bonchev–Trinajstić information content (AvgIpc) is 2.37. The molecule has 0 aliphatic rings. The molecule has 0 saturated carbocycles. The van der Waals surface area contributed by atoms with Gasteiger partial charge in [-0.1, -0.05) is 35.9 Å². The SMILES string of the molecule is Cc1ccc(C)c(CC(=O)Cc2ccc(F)cc2)c1. The molecule has 0 radical (unpaired) electrons. The molecule has 2 rings (SSSR count). The zero-order valence-electron chi connectivity index (χ0n) is 11.2. The summed E-state index contributed by atoms with van der Waals surface area (Å²) < 4.78 is 12.8. The molecule has 0 aromatic heterocycles. The number of rotatable bonds is 4. The zero-order chi connectivity index (χ0) is 13.8. The van der Waals surface area contributed by atoms with Gasteiger partial charge in [0.15, 0.2) is 0 Å². The predicted molar refractivity (Wildman–Crippen MR) is 74.7 cm³/mol. The Morgan fingerprint density at radius 3 is 2.37 bits per heavy atom. The van der Waals surface area contributed by atoms with Crippen molar-refractivity contribution < 1.29 is 9.18 Å². The molecular formula is C17H17FO. The number of hydrogen-bond acceptors (Lipinski definition) is 1. The normalized spacial score (nSPS) is 10.5. The second kappa shape index (κ2) is 5.79. The molecule has 2 aromatic carbocycles. The lowest BCUT2D eigenvalue weighted by atomic mass is 9.98. The van der Waals surface area contributed by atoms with E-state index >= 15 is 0 Å². The number of aryl methyl sites for hydroxylation is 2. The van der Waals surface area contributed by atoms with Crippen LogP contribution in [-0.4, -0.2) is 5.78 Å². The molecule has 19 heavy (non-hydrogen) atoms. The largest absolute Gasteiger partial charge is 0.299 e. The maximum absolute atomic E-state index is 12.8. The third-order valence-corrected chi connectivity index (χ3v) is 3.21. The average molecular weight is 256 g/mol. The quantitative estimate of drug-likeness (QED) is 0.813. The predicted octanol–water partition coefficient (Wildman–Crippen LogP) is 3.80. The minimum Gasteiger partial charge on any atom is -0.299 e. The number of ketones is 1. The highest BCUT2D eigenvalue weighted by molar-refractivity contribution is 5.83. The van der Waals surface area contributed by atoms with Crippen molar-refractivity contribution >= 4 is 5.78 Å². The molecule has 0 unspecified atom stereocenters. The lowest BCUT2D eigenvalue weighted by molar-refractivity contribution is -0.117. The van der Waals surface area contributed by atoms with Crippen LogP contribution in [0.15, 0.2) is 42.5 Å². The van der Waals surface area contributed by atoms with E-state index in [0.29, 0.717) is 12.8 Å². The Bertz CT molecular complexity index is 585. The van der Waals surface area contributed by atoms with Gasteiger partial charge in [-0.05, 0) is 42.7 Å². The monoisotopic (exact) mass is 256 g/mol. The summed E-state index contributed by atoms with van der Waals surface area (Å²) in [5.41, 5.74) is 4.23. The maximum atomic E-state index is 12.8.